The molecule has 0 bridgehead atoms. The minimum Gasteiger partial charge on any atom is -0.468 e. The lowest BCUT2D eigenvalue weighted by atomic mass is 9.95. The lowest BCUT2D eigenvalue weighted by Crippen LogP contribution is -2.30. The highest BCUT2D eigenvalue weighted by atomic mass is 35.5. The maximum absolute atomic E-state index is 10.5. The third-order valence-corrected chi connectivity index (χ3v) is 5.30. The Morgan fingerprint density at radius 1 is 1.20 bits per heavy atom. The first-order chi connectivity index (χ1) is 12.2. The predicted molar refractivity (Wildman–Crippen MR) is 100 cm³/mol. The van der Waals surface area contributed by atoms with E-state index in [0.29, 0.717) is 19.6 Å². The van der Waals surface area contributed by atoms with E-state index in [-0.39, 0.29) is 0 Å². The van der Waals surface area contributed by atoms with Crippen LogP contribution in [-0.2, 0) is 25.9 Å². The van der Waals surface area contributed by atoms with Crippen LogP contribution in [0, 0.1) is 0 Å². The van der Waals surface area contributed by atoms with Gasteiger partial charge >= 0.3 is 0 Å². The van der Waals surface area contributed by atoms with E-state index in [1.807, 2.05) is 24.3 Å². The molecule has 5 heteroatoms. The molecular weight excluding hydrogens is 336 g/mol. The number of furan rings is 1. The molecule has 132 valence electrons. The van der Waals surface area contributed by atoms with Crippen molar-refractivity contribution in [3.05, 3.63) is 58.6 Å². The standard InChI is InChI=1S/C20H23ClN2O2/c21-18-8-3-7-17-16-6-1-2-9-19(16)23(20(17)18)13-14(24)11-22-12-15-5-4-10-25-15/h3-5,7-8,10,14,22,24H,1-2,6,9,11-13H2/t14-/m0/s1. The number of para-hydroxylation sites is 1. The molecule has 1 aliphatic rings. The molecule has 0 aliphatic heterocycles. The predicted octanol–water partition coefficient (Wildman–Crippen LogP) is 3.92. The van der Waals surface area contributed by atoms with Gasteiger partial charge in [-0.25, -0.2) is 0 Å². The molecule has 2 N–H and O–H groups in total. The first-order valence-corrected chi connectivity index (χ1v) is 9.31. The summed E-state index contributed by atoms with van der Waals surface area (Å²) in [5, 5.41) is 15.8. The number of aliphatic hydroxyl groups excluding tert-OH is 1. The van der Waals surface area contributed by atoms with Crippen molar-refractivity contribution < 1.29 is 9.52 Å². The van der Waals surface area contributed by atoms with E-state index in [4.69, 9.17) is 16.0 Å². The average molecular weight is 359 g/mol. The normalized spacial score (nSPS) is 15.4. The third kappa shape index (κ3) is 3.34. The van der Waals surface area contributed by atoms with Crippen LogP contribution in [0.2, 0.25) is 5.02 Å². The molecule has 0 radical (unpaired) electrons. The van der Waals surface area contributed by atoms with Crippen LogP contribution in [0.5, 0.6) is 0 Å². The highest BCUT2D eigenvalue weighted by Crippen LogP contribution is 2.35. The van der Waals surface area contributed by atoms with Crippen molar-refractivity contribution in [2.75, 3.05) is 6.54 Å². The van der Waals surface area contributed by atoms with Gasteiger partial charge in [-0.2, -0.15) is 0 Å². The van der Waals surface area contributed by atoms with Gasteiger partial charge in [-0.05, 0) is 49.4 Å². The molecule has 0 spiro atoms. The second-order valence-corrected chi connectivity index (χ2v) is 7.15. The molecule has 0 fully saturated rings. The quantitative estimate of drug-likeness (QED) is 0.702. The van der Waals surface area contributed by atoms with E-state index in [2.05, 4.69) is 16.0 Å². The van der Waals surface area contributed by atoms with Gasteiger partial charge in [0.1, 0.15) is 5.76 Å². The van der Waals surface area contributed by atoms with Crippen molar-refractivity contribution in [2.24, 2.45) is 0 Å². The summed E-state index contributed by atoms with van der Waals surface area (Å²) in [6.45, 7) is 1.69. The second-order valence-electron chi connectivity index (χ2n) is 6.74. The average Bonchev–Trinajstić information content (AvgIpc) is 3.23. The van der Waals surface area contributed by atoms with Crippen LogP contribution in [0.1, 0.15) is 29.9 Å². The highest BCUT2D eigenvalue weighted by Gasteiger charge is 2.22. The largest absolute Gasteiger partial charge is 0.468 e. The van der Waals surface area contributed by atoms with E-state index in [0.717, 1.165) is 29.1 Å². The smallest absolute Gasteiger partial charge is 0.117 e. The molecule has 0 unspecified atom stereocenters. The Balaban J connectivity index is 1.54. The second kappa shape index (κ2) is 7.24. The zero-order valence-corrected chi connectivity index (χ0v) is 14.9. The molecule has 1 aliphatic carbocycles. The first kappa shape index (κ1) is 16.7. The van der Waals surface area contributed by atoms with Crippen LogP contribution in [0.15, 0.2) is 41.0 Å². The van der Waals surface area contributed by atoms with Crippen molar-refractivity contribution >= 4 is 22.5 Å². The Morgan fingerprint density at radius 3 is 2.92 bits per heavy atom. The van der Waals surface area contributed by atoms with Crippen molar-refractivity contribution in [3.63, 3.8) is 0 Å². The number of fused-ring (bicyclic) bond motifs is 3. The number of hydrogen-bond acceptors (Lipinski definition) is 3. The Hall–Kier alpha value is -1.75. The SMILES string of the molecule is O[C@@H](CNCc1ccco1)Cn1c2c(c3cccc(Cl)c31)CCCC2. The maximum Gasteiger partial charge on any atom is 0.117 e. The summed E-state index contributed by atoms with van der Waals surface area (Å²) in [5.74, 6) is 0.874. The van der Waals surface area contributed by atoms with Crippen molar-refractivity contribution in [1.29, 1.82) is 0 Å². The maximum atomic E-state index is 10.5. The number of aromatic nitrogens is 1. The summed E-state index contributed by atoms with van der Waals surface area (Å²) < 4.78 is 7.54. The van der Waals surface area contributed by atoms with Gasteiger partial charge in [0.2, 0.25) is 0 Å². The lowest BCUT2D eigenvalue weighted by Gasteiger charge is -2.19. The van der Waals surface area contributed by atoms with Crippen LogP contribution in [-0.4, -0.2) is 22.3 Å². The molecule has 2 heterocycles. The van der Waals surface area contributed by atoms with Gasteiger partial charge in [-0.3, -0.25) is 0 Å². The van der Waals surface area contributed by atoms with Gasteiger partial charge < -0.3 is 19.4 Å². The monoisotopic (exact) mass is 358 g/mol. The van der Waals surface area contributed by atoms with Gasteiger partial charge in [0.15, 0.2) is 0 Å². The first-order valence-electron chi connectivity index (χ1n) is 8.93. The number of nitrogens with one attached hydrogen (secondary N) is 1. The number of hydrogen-bond donors (Lipinski definition) is 2. The number of aryl methyl sites for hydroxylation is 1. The molecule has 2 aromatic heterocycles. The topological polar surface area (TPSA) is 50.3 Å². The van der Waals surface area contributed by atoms with E-state index < -0.39 is 6.10 Å². The molecular formula is C20H23ClN2O2. The Morgan fingerprint density at radius 2 is 2.08 bits per heavy atom. The number of rotatable bonds is 6. The van der Waals surface area contributed by atoms with Crippen LogP contribution in [0.3, 0.4) is 0 Å². The Labute approximate surface area is 152 Å². The number of aliphatic hydroxyl groups is 1. The Bertz CT molecular complexity index is 854. The molecule has 0 saturated heterocycles. The summed E-state index contributed by atoms with van der Waals surface area (Å²) >= 11 is 6.51. The number of nitrogens with zero attached hydrogens (tertiary/aromatic N) is 1. The van der Waals surface area contributed by atoms with Crippen LogP contribution in [0.25, 0.3) is 10.9 Å². The molecule has 3 aromatic rings. The zero-order chi connectivity index (χ0) is 17.2. The van der Waals surface area contributed by atoms with Gasteiger partial charge in [0.25, 0.3) is 0 Å². The van der Waals surface area contributed by atoms with Crippen molar-refractivity contribution in [2.45, 2.75) is 44.9 Å². The highest BCUT2D eigenvalue weighted by molar-refractivity contribution is 6.35. The fourth-order valence-corrected chi connectivity index (χ4v) is 4.17. The van der Waals surface area contributed by atoms with Crippen molar-refractivity contribution in [3.8, 4) is 0 Å². The summed E-state index contributed by atoms with van der Waals surface area (Å²) in [6, 6.07) is 9.91. The summed E-state index contributed by atoms with van der Waals surface area (Å²) in [4.78, 5) is 0. The fraction of sp³-hybridized carbons (Fsp3) is 0.400. The molecule has 4 nitrogen and oxygen atoms in total. The Kier molecular flexibility index (Phi) is 4.84. The number of halogens is 1. The van der Waals surface area contributed by atoms with Gasteiger partial charge in [-0.1, -0.05) is 23.7 Å². The van der Waals surface area contributed by atoms with Crippen LogP contribution < -0.4 is 5.32 Å². The van der Waals surface area contributed by atoms with Gasteiger partial charge in [0.05, 0.1) is 36.0 Å². The van der Waals surface area contributed by atoms with E-state index in [9.17, 15) is 5.11 Å². The minimum atomic E-state index is -0.479. The summed E-state index contributed by atoms with van der Waals surface area (Å²) in [6.07, 6.45) is 5.78. The molecule has 0 amide bonds. The van der Waals surface area contributed by atoms with E-state index in [1.54, 1.807) is 6.26 Å². The summed E-state index contributed by atoms with van der Waals surface area (Å²) in [5.41, 5.74) is 3.83. The van der Waals surface area contributed by atoms with Gasteiger partial charge in [0, 0.05) is 17.6 Å². The number of benzene rings is 1. The van der Waals surface area contributed by atoms with Crippen LogP contribution in [0.4, 0.5) is 0 Å². The molecule has 0 saturated carbocycles. The fourth-order valence-electron chi connectivity index (χ4n) is 3.90. The zero-order valence-electron chi connectivity index (χ0n) is 14.2. The lowest BCUT2D eigenvalue weighted by molar-refractivity contribution is 0.150. The minimum absolute atomic E-state index is 0.479. The van der Waals surface area contributed by atoms with E-state index in [1.165, 1.54) is 29.5 Å². The molecule has 1 atom stereocenters. The molecule has 1 aromatic carbocycles. The van der Waals surface area contributed by atoms with Crippen molar-refractivity contribution in [1.82, 2.24) is 9.88 Å². The van der Waals surface area contributed by atoms with E-state index >= 15 is 0 Å². The van der Waals surface area contributed by atoms with Gasteiger partial charge in [-0.15, -0.1) is 0 Å². The third-order valence-electron chi connectivity index (χ3n) is 5.00. The van der Waals surface area contributed by atoms with Crippen LogP contribution >= 0.6 is 11.6 Å². The molecule has 4 rings (SSSR count). The summed E-state index contributed by atoms with van der Waals surface area (Å²) in [7, 11) is 0. The molecule has 25 heavy (non-hydrogen) atoms.